The monoisotopic (exact) mass is 265 g/mol. The van der Waals surface area contributed by atoms with Crippen LogP contribution in [0.15, 0.2) is 22.6 Å². The first-order chi connectivity index (χ1) is 7.87. The van der Waals surface area contributed by atoms with E-state index >= 15 is 0 Å². The number of para-hydroxylation sites is 1. The van der Waals surface area contributed by atoms with Gasteiger partial charge in [0, 0.05) is 0 Å². The number of rotatable bonds is 2. The third kappa shape index (κ3) is 2.50. The molecule has 0 fully saturated rings. The summed E-state index contributed by atoms with van der Waals surface area (Å²) in [6, 6.07) is 3.67. The minimum absolute atomic E-state index is 0.0178. The number of hydrogen-bond donors (Lipinski definition) is 0. The molecule has 0 N–H and O–H groups in total. The molecule has 1 aromatic heterocycles. The number of ether oxygens (including phenoxy) is 1. The molecule has 8 heteroatoms. The van der Waals surface area contributed by atoms with Crippen molar-refractivity contribution in [2.75, 3.05) is 0 Å². The predicted molar refractivity (Wildman–Crippen MR) is 50.9 cm³/mol. The summed E-state index contributed by atoms with van der Waals surface area (Å²) in [6.45, 7) is 0. The molecule has 0 atom stereocenters. The van der Waals surface area contributed by atoms with Gasteiger partial charge in [-0.25, -0.2) is 4.98 Å². The summed E-state index contributed by atoms with van der Waals surface area (Å²) in [5, 5.41) is -1.00. The normalized spacial score (nSPS) is 11.8. The SMILES string of the molecule is O=C(Cl)c1nc2c(OC(F)(F)F)cccc2o1. The van der Waals surface area contributed by atoms with E-state index in [4.69, 9.17) is 16.0 Å². The number of fused-ring (bicyclic) bond motifs is 1. The van der Waals surface area contributed by atoms with E-state index in [1.54, 1.807) is 0 Å². The second kappa shape index (κ2) is 3.92. The summed E-state index contributed by atoms with van der Waals surface area (Å²) in [5.41, 5.74) is -0.232. The smallest absolute Gasteiger partial charge is 0.433 e. The predicted octanol–water partition coefficient (Wildman–Crippen LogP) is 3.11. The van der Waals surface area contributed by atoms with Crippen molar-refractivity contribution in [3.63, 3.8) is 0 Å². The van der Waals surface area contributed by atoms with E-state index < -0.39 is 23.2 Å². The number of nitrogens with zero attached hydrogens (tertiary/aromatic N) is 1. The molecule has 90 valence electrons. The highest BCUT2D eigenvalue weighted by atomic mass is 35.5. The molecular weight excluding hydrogens is 263 g/mol. The van der Waals surface area contributed by atoms with Gasteiger partial charge in [-0.2, -0.15) is 0 Å². The minimum Gasteiger partial charge on any atom is -0.433 e. The van der Waals surface area contributed by atoms with Crippen LogP contribution in [0.1, 0.15) is 10.7 Å². The van der Waals surface area contributed by atoms with Crippen LogP contribution in [-0.2, 0) is 0 Å². The highest BCUT2D eigenvalue weighted by Gasteiger charge is 2.32. The maximum absolute atomic E-state index is 12.1. The molecule has 2 rings (SSSR count). The van der Waals surface area contributed by atoms with E-state index in [1.165, 1.54) is 12.1 Å². The number of aromatic nitrogens is 1. The standard InChI is InChI=1S/C9H3ClF3NO3/c10-7(15)8-14-6-4(16-8)2-1-3-5(6)17-9(11,12)13/h1-3H. The van der Waals surface area contributed by atoms with E-state index in [-0.39, 0.29) is 11.1 Å². The fourth-order valence-corrected chi connectivity index (χ4v) is 1.30. The Bertz CT molecular complexity index is 578. The van der Waals surface area contributed by atoms with Gasteiger partial charge < -0.3 is 9.15 Å². The van der Waals surface area contributed by atoms with Crippen molar-refractivity contribution in [1.82, 2.24) is 4.98 Å². The van der Waals surface area contributed by atoms with E-state index in [0.717, 1.165) is 6.07 Å². The van der Waals surface area contributed by atoms with E-state index in [0.29, 0.717) is 0 Å². The number of alkyl halides is 3. The molecule has 17 heavy (non-hydrogen) atoms. The summed E-state index contributed by atoms with van der Waals surface area (Å²) in [5.74, 6) is -1.04. The molecule has 4 nitrogen and oxygen atoms in total. The van der Waals surface area contributed by atoms with Gasteiger partial charge in [0.1, 0.15) is 0 Å². The van der Waals surface area contributed by atoms with Crippen molar-refractivity contribution in [1.29, 1.82) is 0 Å². The first-order valence-corrected chi connectivity index (χ1v) is 4.60. The first-order valence-electron chi connectivity index (χ1n) is 4.22. The molecule has 0 radical (unpaired) electrons. The molecule has 1 aromatic carbocycles. The lowest BCUT2D eigenvalue weighted by Crippen LogP contribution is -2.17. The quantitative estimate of drug-likeness (QED) is 0.783. The van der Waals surface area contributed by atoms with Crippen LogP contribution in [0.3, 0.4) is 0 Å². The van der Waals surface area contributed by atoms with Crippen LogP contribution >= 0.6 is 11.6 Å². The van der Waals surface area contributed by atoms with Crippen LogP contribution in [0, 0.1) is 0 Å². The average molecular weight is 266 g/mol. The van der Waals surface area contributed by atoms with Crippen molar-refractivity contribution in [3.8, 4) is 5.75 Å². The molecule has 2 aromatic rings. The highest BCUT2D eigenvalue weighted by molar-refractivity contribution is 6.67. The summed E-state index contributed by atoms with van der Waals surface area (Å²) >= 11 is 5.10. The third-order valence-electron chi connectivity index (χ3n) is 1.78. The Balaban J connectivity index is 2.53. The van der Waals surface area contributed by atoms with Crippen molar-refractivity contribution in [2.24, 2.45) is 0 Å². The number of benzene rings is 1. The molecule has 1 heterocycles. The number of carbonyl (C=O) groups excluding carboxylic acids is 1. The van der Waals surface area contributed by atoms with Crippen LogP contribution in [0.2, 0.25) is 0 Å². The Morgan fingerprint density at radius 2 is 2.12 bits per heavy atom. The van der Waals surface area contributed by atoms with Crippen LogP contribution in [0.5, 0.6) is 5.75 Å². The van der Waals surface area contributed by atoms with E-state index in [1.807, 2.05) is 0 Å². The molecule has 0 saturated heterocycles. The lowest BCUT2D eigenvalue weighted by molar-refractivity contribution is -0.274. The van der Waals surface area contributed by atoms with Gasteiger partial charge in [-0.3, -0.25) is 4.79 Å². The molecule has 0 saturated carbocycles. The van der Waals surface area contributed by atoms with Crippen LogP contribution in [-0.4, -0.2) is 16.6 Å². The molecule has 0 aliphatic carbocycles. The number of halogens is 4. The van der Waals surface area contributed by atoms with Gasteiger partial charge >= 0.3 is 11.6 Å². The van der Waals surface area contributed by atoms with Gasteiger partial charge in [0.15, 0.2) is 16.8 Å². The molecule has 0 bridgehead atoms. The number of hydrogen-bond acceptors (Lipinski definition) is 4. The van der Waals surface area contributed by atoms with Crippen molar-refractivity contribution >= 4 is 27.9 Å². The molecule has 0 aliphatic heterocycles. The van der Waals surface area contributed by atoms with Gasteiger partial charge in [0.2, 0.25) is 0 Å². The maximum atomic E-state index is 12.1. The largest absolute Gasteiger partial charge is 0.573 e. The molecule has 0 unspecified atom stereocenters. The summed E-state index contributed by atoms with van der Waals surface area (Å²) < 4.78 is 44.8. The fourth-order valence-electron chi connectivity index (χ4n) is 1.21. The summed E-state index contributed by atoms with van der Waals surface area (Å²) in [4.78, 5) is 14.3. The van der Waals surface area contributed by atoms with Crippen LogP contribution in [0.4, 0.5) is 13.2 Å². The Morgan fingerprint density at radius 1 is 1.41 bits per heavy atom. The van der Waals surface area contributed by atoms with Gasteiger partial charge in [-0.05, 0) is 23.7 Å². The van der Waals surface area contributed by atoms with Gasteiger partial charge in [0.05, 0.1) is 0 Å². The summed E-state index contributed by atoms with van der Waals surface area (Å²) in [6.07, 6.45) is -4.85. The van der Waals surface area contributed by atoms with Crippen molar-refractivity contribution in [2.45, 2.75) is 6.36 Å². The Hall–Kier alpha value is -1.76. The second-order valence-corrected chi connectivity index (χ2v) is 3.29. The van der Waals surface area contributed by atoms with Crippen molar-refractivity contribution in [3.05, 3.63) is 24.1 Å². The van der Waals surface area contributed by atoms with Crippen molar-refractivity contribution < 1.29 is 27.1 Å². The maximum Gasteiger partial charge on any atom is 0.573 e. The Morgan fingerprint density at radius 3 is 2.71 bits per heavy atom. The zero-order valence-corrected chi connectivity index (χ0v) is 8.67. The lowest BCUT2D eigenvalue weighted by Gasteiger charge is -2.07. The van der Waals surface area contributed by atoms with E-state index in [2.05, 4.69) is 9.72 Å². The molecule has 0 spiro atoms. The topological polar surface area (TPSA) is 52.3 Å². The van der Waals surface area contributed by atoms with Gasteiger partial charge in [0.25, 0.3) is 5.89 Å². The molecule has 0 amide bonds. The lowest BCUT2D eigenvalue weighted by atomic mass is 10.3. The third-order valence-corrected chi connectivity index (χ3v) is 1.94. The fraction of sp³-hybridized carbons (Fsp3) is 0.111. The van der Waals surface area contributed by atoms with Gasteiger partial charge in [-0.15, -0.1) is 13.2 Å². The Kier molecular flexibility index (Phi) is 2.70. The van der Waals surface area contributed by atoms with E-state index in [9.17, 15) is 18.0 Å². The Labute approximate surface area is 96.9 Å². The minimum atomic E-state index is -4.85. The molecule has 0 aliphatic rings. The zero-order chi connectivity index (χ0) is 12.6. The summed E-state index contributed by atoms with van der Waals surface area (Å²) in [7, 11) is 0. The average Bonchev–Trinajstić information content (AvgIpc) is 2.60. The van der Waals surface area contributed by atoms with Crippen LogP contribution in [0.25, 0.3) is 11.1 Å². The number of carbonyl (C=O) groups is 1. The number of oxazole rings is 1. The second-order valence-electron chi connectivity index (χ2n) is 2.94. The first kappa shape index (κ1) is 11.7. The van der Waals surface area contributed by atoms with Gasteiger partial charge in [-0.1, -0.05) is 6.07 Å². The molecular formula is C9H3ClF3NO3. The highest BCUT2D eigenvalue weighted by Crippen LogP contribution is 2.30. The van der Waals surface area contributed by atoms with Crippen LogP contribution < -0.4 is 4.74 Å². The zero-order valence-electron chi connectivity index (χ0n) is 7.92.